The Morgan fingerprint density at radius 3 is 2.88 bits per heavy atom. The highest BCUT2D eigenvalue weighted by Gasteiger charge is 2.70. The monoisotopic (exact) mass is 328 g/mol. The van der Waals surface area contributed by atoms with Gasteiger partial charge in [0.15, 0.2) is 0 Å². The Kier molecular flexibility index (Phi) is 2.79. The molecule has 4 nitrogen and oxygen atoms in total. The summed E-state index contributed by atoms with van der Waals surface area (Å²) in [5, 5.41) is 11.2. The molecule has 24 heavy (non-hydrogen) atoms. The molecule has 6 atom stereocenters. The molecule has 0 aromatic rings. The molecule has 4 fully saturated rings. The van der Waals surface area contributed by atoms with Gasteiger partial charge in [0.25, 0.3) is 0 Å². The number of methoxy groups -OCH3 is 1. The lowest BCUT2D eigenvalue weighted by Crippen LogP contribution is -2.63. The summed E-state index contributed by atoms with van der Waals surface area (Å²) < 4.78 is 11.3. The zero-order valence-electron chi connectivity index (χ0n) is 14.5. The van der Waals surface area contributed by atoms with Crippen LogP contribution < -0.4 is 0 Å². The Bertz CT molecular complexity index is 743. The number of ether oxygens (including phenoxy) is 2. The van der Waals surface area contributed by atoms with Gasteiger partial charge in [-0.1, -0.05) is 12.5 Å². The number of carbonyl (C=O) groups excluding carboxylic acids is 1. The van der Waals surface area contributed by atoms with Crippen LogP contribution in [0.5, 0.6) is 0 Å². The van der Waals surface area contributed by atoms with Gasteiger partial charge in [-0.05, 0) is 54.9 Å². The molecule has 2 heterocycles. The number of fused-ring (bicyclic) bond motifs is 2. The quantitative estimate of drug-likeness (QED) is 0.752. The molecule has 4 aliphatic carbocycles. The maximum atomic E-state index is 12.9. The number of allylic oxidation sites excluding steroid dienone is 3. The summed E-state index contributed by atoms with van der Waals surface area (Å²) >= 11 is 0. The number of hydrogen-bond acceptors (Lipinski definition) is 4. The lowest BCUT2D eigenvalue weighted by Gasteiger charge is -2.57. The van der Waals surface area contributed by atoms with Gasteiger partial charge in [-0.15, -0.1) is 0 Å². The van der Waals surface area contributed by atoms with Gasteiger partial charge in [0.1, 0.15) is 6.10 Å². The Morgan fingerprint density at radius 2 is 2.17 bits per heavy atom. The van der Waals surface area contributed by atoms with E-state index >= 15 is 0 Å². The summed E-state index contributed by atoms with van der Waals surface area (Å²) in [6.45, 7) is 4.29. The first-order valence-corrected chi connectivity index (χ1v) is 9.05. The fraction of sp³-hybridized carbons (Fsp3) is 0.650. The number of aliphatic hydroxyl groups is 1. The van der Waals surface area contributed by atoms with Crippen molar-refractivity contribution in [2.45, 2.75) is 51.7 Å². The average Bonchev–Trinajstić information content (AvgIpc) is 2.77. The minimum absolute atomic E-state index is 0.0228. The highest BCUT2D eigenvalue weighted by Crippen LogP contribution is 2.68. The molecule has 0 aromatic heterocycles. The van der Waals surface area contributed by atoms with E-state index in [0.29, 0.717) is 5.92 Å². The van der Waals surface area contributed by atoms with Crippen LogP contribution >= 0.6 is 0 Å². The van der Waals surface area contributed by atoms with Crippen LogP contribution in [-0.2, 0) is 14.3 Å². The van der Waals surface area contributed by atoms with Crippen LogP contribution in [0, 0.1) is 23.2 Å². The van der Waals surface area contributed by atoms with E-state index in [0.717, 1.165) is 37.0 Å². The van der Waals surface area contributed by atoms with E-state index in [1.165, 1.54) is 16.7 Å². The molecule has 0 unspecified atom stereocenters. The Balaban J connectivity index is 1.80. The highest BCUT2D eigenvalue weighted by atomic mass is 16.6. The van der Waals surface area contributed by atoms with E-state index < -0.39 is 11.5 Å². The summed E-state index contributed by atoms with van der Waals surface area (Å²) in [5.74, 6) is 1.40. The second kappa shape index (κ2) is 4.54. The van der Waals surface area contributed by atoms with Crippen molar-refractivity contribution in [1.82, 2.24) is 0 Å². The van der Waals surface area contributed by atoms with Crippen LogP contribution in [0.1, 0.15) is 39.5 Å². The van der Waals surface area contributed by atoms with Gasteiger partial charge < -0.3 is 14.6 Å². The van der Waals surface area contributed by atoms with Crippen molar-refractivity contribution in [3.05, 3.63) is 34.1 Å². The van der Waals surface area contributed by atoms with Crippen LogP contribution in [0.2, 0.25) is 0 Å². The van der Waals surface area contributed by atoms with Crippen LogP contribution in [0.3, 0.4) is 0 Å². The molecule has 6 rings (SSSR count). The van der Waals surface area contributed by atoms with E-state index in [-0.39, 0.29) is 23.9 Å². The third-order valence-corrected chi connectivity index (χ3v) is 7.38. The largest absolute Gasteiger partial charge is 0.501 e. The van der Waals surface area contributed by atoms with E-state index in [1.54, 1.807) is 7.11 Å². The maximum Gasteiger partial charge on any atom is 0.313 e. The van der Waals surface area contributed by atoms with Crippen LogP contribution in [0.25, 0.3) is 0 Å². The maximum absolute atomic E-state index is 12.9. The molecule has 2 bridgehead atoms. The van der Waals surface area contributed by atoms with E-state index in [4.69, 9.17) is 9.47 Å². The van der Waals surface area contributed by atoms with Gasteiger partial charge in [-0.25, -0.2) is 0 Å². The SMILES string of the molecule is COC1=CC2=C3C(=C(C)C1)[C@H](O)[C@@H]1[C@@H]4C[C@@H](C)[C@@](CC2)(C(=O)O4)[C@H]31. The molecule has 0 aromatic carbocycles. The number of esters is 1. The third-order valence-electron chi connectivity index (χ3n) is 7.38. The van der Waals surface area contributed by atoms with Gasteiger partial charge in [0, 0.05) is 18.3 Å². The zero-order valence-corrected chi connectivity index (χ0v) is 14.5. The summed E-state index contributed by atoms with van der Waals surface area (Å²) in [7, 11) is 1.71. The normalized spacial score (nSPS) is 45.8. The fourth-order valence-corrected chi connectivity index (χ4v) is 6.36. The molecule has 0 amide bonds. The minimum atomic E-state index is -0.521. The van der Waals surface area contributed by atoms with Gasteiger partial charge >= 0.3 is 5.97 Å². The van der Waals surface area contributed by atoms with Crippen molar-refractivity contribution in [3.63, 3.8) is 0 Å². The molecule has 0 radical (unpaired) electrons. The van der Waals surface area contributed by atoms with Crippen molar-refractivity contribution in [1.29, 1.82) is 0 Å². The number of carbonyl (C=O) groups is 1. The first-order chi connectivity index (χ1) is 11.5. The first kappa shape index (κ1) is 14.8. The van der Waals surface area contributed by atoms with Gasteiger partial charge in [0.2, 0.25) is 0 Å². The Hall–Kier alpha value is -1.55. The van der Waals surface area contributed by atoms with Crippen molar-refractivity contribution in [2.75, 3.05) is 7.11 Å². The number of aliphatic hydroxyl groups excluding tert-OH is 1. The molecule has 2 saturated carbocycles. The summed E-state index contributed by atoms with van der Waals surface area (Å²) in [6, 6.07) is 0. The molecule has 2 saturated heterocycles. The lowest BCUT2D eigenvalue weighted by molar-refractivity contribution is -0.218. The van der Waals surface area contributed by atoms with E-state index in [9.17, 15) is 9.90 Å². The number of hydrogen-bond donors (Lipinski definition) is 1. The first-order valence-electron chi connectivity index (χ1n) is 9.05. The highest BCUT2D eigenvalue weighted by molar-refractivity contribution is 5.83. The smallest absolute Gasteiger partial charge is 0.313 e. The van der Waals surface area contributed by atoms with Crippen LogP contribution in [-0.4, -0.2) is 30.4 Å². The second-order valence-electron chi connectivity index (χ2n) is 8.25. The molecular weight excluding hydrogens is 304 g/mol. The number of rotatable bonds is 1. The molecular formula is C20H24O4. The van der Waals surface area contributed by atoms with Crippen molar-refractivity contribution < 1.29 is 19.4 Å². The van der Waals surface area contributed by atoms with Crippen molar-refractivity contribution in [2.24, 2.45) is 23.2 Å². The molecule has 128 valence electrons. The summed E-state index contributed by atoms with van der Waals surface area (Å²) in [5.41, 5.74) is 4.32. The summed E-state index contributed by atoms with van der Waals surface area (Å²) in [6.07, 6.45) is 4.80. The van der Waals surface area contributed by atoms with Gasteiger partial charge in [-0.2, -0.15) is 0 Å². The average molecular weight is 328 g/mol. The van der Waals surface area contributed by atoms with E-state index in [2.05, 4.69) is 19.9 Å². The third kappa shape index (κ3) is 1.47. The Labute approximate surface area is 142 Å². The van der Waals surface area contributed by atoms with Crippen molar-refractivity contribution >= 4 is 5.97 Å². The predicted molar refractivity (Wildman–Crippen MR) is 87.7 cm³/mol. The molecule has 4 heteroatoms. The lowest BCUT2D eigenvalue weighted by atomic mass is 9.50. The van der Waals surface area contributed by atoms with Gasteiger partial charge in [-0.3, -0.25) is 4.79 Å². The van der Waals surface area contributed by atoms with Gasteiger partial charge in [0.05, 0.1) is 24.4 Å². The van der Waals surface area contributed by atoms with Crippen LogP contribution in [0.4, 0.5) is 0 Å². The fourth-order valence-electron chi connectivity index (χ4n) is 6.36. The standard InChI is InChI=1S/C20H24O4/c1-9-6-12(23-3)8-11-4-5-20-10(2)7-13(24-19(20)22)16-17(20)15(11)14(9)18(16)21/h8,10,13,16-18,21H,4-7H2,1-3H3/t10-,13+,16-,17-,18+,20-/m1/s1. The zero-order chi connectivity index (χ0) is 16.8. The molecule has 1 N–H and O–H groups in total. The van der Waals surface area contributed by atoms with Crippen molar-refractivity contribution in [3.8, 4) is 0 Å². The summed E-state index contributed by atoms with van der Waals surface area (Å²) in [4.78, 5) is 12.9. The second-order valence-corrected chi connectivity index (χ2v) is 8.25. The minimum Gasteiger partial charge on any atom is -0.501 e. The predicted octanol–water partition coefficient (Wildman–Crippen LogP) is 2.89. The topological polar surface area (TPSA) is 55.8 Å². The van der Waals surface area contributed by atoms with Crippen LogP contribution in [0.15, 0.2) is 34.1 Å². The molecule has 1 spiro atoms. The molecule has 6 aliphatic rings. The Morgan fingerprint density at radius 1 is 1.38 bits per heavy atom. The van der Waals surface area contributed by atoms with E-state index in [1.807, 2.05) is 0 Å². The molecule has 2 aliphatic heterocycles.